The average molecular weight is 333 g/mol. The molecule has 1 amide bonds. The molecule has 1 heterocycles. The minimum Gasteiger partial charge on any atom is -0.494 e. The summed E-state index contributed by atoms with van der Waals surface area (Å²) in [5, 5.41) is 4.34. The van der Waals surface area contributed by atoms with Gasteiger partial charge in [-0.2, -0.15) is 5.10 Å². The summed E-state index contributed by atoms with van der Waals surface area (Å²) in [6.07, 6.45) is 1.77. The maximum absolute atomic E-state index is 12.1. The van der Waals surface area contributed by atoms with E-state index in [4.69, 9.17) is 9.47 Å². The number of nitrogens with one attached hydrogen (secondary N) is 1. The summed E-state index contributed by atoms with van der Waals surface area (Å²) in [6.45, 7) is 8.01. The van der Waals surface area contributed by atoms with Crippen LogP contribution in [0.1, 0.15) is 32.3 Å². The van der Waals surface area contributed by atoms with Crippen molar-refractivity contribution in [3.63, 3.8) is 0 Å². The third-order valence-electron chi connectivity index (χ3n) is 3.77. The van der Waals surface area contributed by atoms with Crippen LogP contribution < -0.4 is 10.2 Å². The molecule has 6 heteroatoms. The SMILES string of the molecule is CCCC(=NNC(=O)CN1CCOCC1)c1ccc(OCC)cc1. The molecule has 0 unspecified atom stereocenters. The van der Waals surface area contributed by atoms with Crippen molar-refractivity contribution in [2.45, 2.75) is 26.7 Å². The molecule has 0 saturated carbocycles. The van der Waals surface area contributed by atoms with E-state index in [1.54, 1.807) is 0 Å². The number of rotatable bonds is 8. The van der Waals surface area contributed by atoms with Gasteiger partial charge in [-0.15, -0.1) is 0 Å². The third-order valence-corrected chi connectivity index (χ3v) is 3.77. The van der Waals surface area contributed by atoms with E-state index in [1.165, 1.54) is 0 Å². The minimum atomic E-state index is -0.0866. The number of hydrogen-bond donors (Lipinski definition) is 1. The molecule has 1 fully saturated rings. The number of ether oxygens (including phenoxy) is 2. The van der Waals surface area contributed by atoms with E-state index in [0.29, 0.717) is 26.4 Å². The van der Waals surface area contributed by atoms with E-state index in [-0.39, 0.29) is 5.91 Å². The smallest absolute Gasteiger partial charge is 0.254 e. The second kappa shape index (κ2) is 10.1. The van der Waals surface area contributed by atoms with Gasteiger partial charge in [-0.3, -0.25) is 9.69 Å². The normalized spacial score (nSPS) is 16.0. The van der Waals surface area contributed by atoms with Crippen LogP contribution in [-0.4, -0.2) is 56.0 Å². The Labute approximate surface area is 143 Å². The van der Waals surface area contributed by atoms with Crippen LogP contribution in [0.4, 0.5) is 0 Å². The van der Waals surface area contributed by atoms with E-state index in [1.807, 2.05) is 31.2 Å². The predicted octanol–water partition coefficient (Wildman–Crippen LogP) is 2.04. The predicted molar refractivity (Wildman–Crippen MR) is 94.5 cm³/mol. The van der Waals surface area contributed by atoms with Crippen LogP contribution in [0.25, 0.3) is 0 Å². The Balaban J connectivity index is 1.95. The minimum absolute atomic E-state index is 0.0866. The lowest BCUT2D eigenvalue weighted by Crippen LogP contribution is -2.42. The fraction of sp³-hybridized carbons (Fsp3) is 0.556. The summed E-state index contributed by atoms with van der Waals surface area (Å²) in [5.74, 6) is 0.755. The maximum Gasteiger partial charge on any atom is 0.254 e. The Morgan fingerprint density at radius 2 is 1.96 bits per heavy atom. The number of hydrazone groups is 1. The summed E-state index contributed by atoms with van der Waals surface area (Å²) in [4.78, 5) is 14.1. The Bertz CT molecular complexity index is 537. The summed E-state index contributed by atoms with van der Waals surface area (Å²) >= 11 is 0. The zero-order valence-corrected chi connectivity index (χ0v) is 14.6. The fourth-order valence-corrected chi connectivity index (χ4v) is 2.54. The van der Waals surface area contributed by atoms with Crippen LogP contribution >= 0.6 is 0 Å². The first-order valence-corrected chi connectivity index (χ1v) is 8.61. The van der Waals surface area contributed by atoms with Gasteiger partial charge in [0.15, 0.2) is 0 Å². The number of amides is 1. The second-order valence-corrected chi connectivity index (χ2v) is 5.69. The van der Waals surface area contributed by atoms with Gasteiger partial charge in [0.1, 0.15) is 5.75 Å². The first-order chi connectivity index (χ1) is 11.7. The standard InChI is InChI=1S/C18H27N3O3/c1-3-5-17(15-6-8-16(9-7-15)24-4-2)19-20-18(22)14-21-10-12-23-13-11-21/h6-9H,3-5,10-14H2,1-2H3,(H,20,22). The van der Waals surface area contributed by atoms with Gasteiger partial charge in [-0.1, -0.05) is 13.3 Å². The molecular formula is C18H27N3O3. The Kier molecular flexibility index (Phi) is 7.71. The number of carbonyl (C=O) groups excluding carboxylic acids is 1. The van der Waals surface area contributed by atoms with Crippen molar-refractivity contribution in [2.75, 3.05) is 39.5 Å². The molecule has 6 nitrogen and oxygen atoms in total. The number of nitrogens with zero attached hydrogens (tertiary/aromatic N) is 2. The highest BCUT2D eigenvalue weighted by Gasteiger charge is 2.14. The lowest BCUT2D eigenvalue weighted by molar-refractivity contribution is -0.123. The van der Waals surface area contributed by atoms with Crippen LogP contribution in [0.3, 0.4) is 0 Å². The van der Waals surface area contributed by atoms with Gasteiger partial charge in [0, 0.05) is 13.1 Å². The summed E-state index contributed by atoms with van der Waals surface area (Å²) < 4.78 is 10.7. The van der Waals surface area contributed by atoms with Crippen molar-refractivity contribution in [3.8, 4) is 5.75 Å². The number of hydrogen-bond acceptors (Lipinski definition) is 5. The van der Waals surface area contributed by atoms with Gasteiger partial charge in [0.25, 0.3) is 5.91 Å². The van der Waals surface area contributed by atoms with E-state index < -0.39 is 0 Å². The van der Waals surface area contributed by atoms with Gasteiger partial charge in [-0.05, 0) is 43.2 Å². The Hall–Kier alpha value is -1.92. The molecule has 0 aromatic heterocycles. The number of morpholine rings is 1. The Morgan fingerprint density at radius 3 is 2.58 bits per heavy atom. The van der Waals surface area contributed by atoms with Gasteiger partial charge in [0.05, 0.1) is 32.1 Å². The van der Waals surface area contributed by atoms with Gasteiger partial charge in [0.2, 0.25) is 0 Å². The summed E-state index contributed by atoms with van der Waals surface area (Å²) in [6, 6.07) is 7.82. The summed E-state index contributed by atoms with van der Waals surface area (Å²) in [7, 11) is 0. The van der Waals surface area contributed by atoms with Crippen LogP contribution in [-0.2, 0) is 9.53 Å². The highest BCUT2D eigenvalue weighted by atomic mass is 16.5. The van der Waals surface area contributed by atoms with Crippen LogP contribution in [0, 0.1) is 0 Å². The lowest BCUT2D eigenvalue weighted by Gasteiger charge is -2.25. The van der Waals surface area contributed by atoms with E-state index in [2.05, 4.69) is 22.4 Å². The highest BCUT2D eigenvalue weighted by Crippen LogP contribution is 2.14. The molecule has 1 aromatic carbocycles. The topological polar surface area (TPSA) is 63.2 Å². The molecule has 0 bridgehead atoms. The molecule has 2 rings (SSSR count). The van der Waals surface area contributed by atoms with Crippen molar-refractivity contribution in [3.05, 3.63) is 29.8 Å². The zero-order chi connectivity index (χ0) is 17.2. The van der Waals surface area contributed by atoms with Crippen molar-refractivity contribution < 1.29 is 14.3 Å². The fourth-order valence-electron chi connectivity index (χ4n) is 2.54. The van der Waals surface area contributed by atoms with Crippen molar-refractivity contribution in [1.29, 1.82) is 0 Å². The molecule has 1 aromatic rings. The third kappa shape index (κ3) is 5.94. The highest BCUT2D eigenvalue weighted by molar-refractivity contribution is 6.01. The number of benzene rings is 1. The maximum atomic E-state index is 12.1. The molecule has 1 aliphatic heterocycles. The average Bonchev–Trinajstić information content (AvgIpc) is 2.60. The lowest BCUT2D eigenvalue weighted by atomic mass is 10.1. The molecule has 1 aliphatic rings. The monoisotopic (exact) mass is 333 g/mol. The van der Waals surface area contributed by atoms with Gasteiger partial charge < -0.3 is 9.47 Å². The van der Waals surface area contributed by atoms with E-state index >= 15 is 0 Å². The van der Waals surface area contributed by atoms with Crippen LogP contribution in [0.15, 0.2) is 29.4 Å². The van der Waals surface area contributed by atoms with Crippen LogP contribution in [0.2, 0.25) is 0 Å². The summed E-state index contributed by atoms with van der Waals surface area (Å²) in [5.41, 5.74) is 4.58. The number of carbonyl (C=O) groups is 1. The molecule has 132 valence electrons. The Morgan fingerprint density at radius 1 is 1.25 bits per heavy atom. The zero-order valence-electron chi connectivity index (χ0n) is 14.6. The molecule has 24 heavy (non-hydrogen) atoms. The molecule has 1 N–H and O–H groups in total. The van der Waals surface area contributed by atoms with E-state index in [9.17, 15) is 4.79 Å². The second-order valence-electron chi connectivity index (χ2n) is 5.69. The van der Waals surface area contributed by atoms with Crippen molar-refractivity contribution >= 4 is 11.6 Å². The van der Waals surface area contributed by atoms with E-state index in [0.717, 1.165) is 43.0 Å². The molecule has 0 aliphatic carbocycles. The van der Waals surface area contributed by atoms with Crippen LogP contribution in [0.5, 0.6) is 5.75 Å². The first kappa shape index (κ1) is 18.4. The molecule has 0 spiro atoms. The quantitative estimate of drug-likeness (QED) is 0.584. The largest absolute Gasteiger partial charge is 0.494 e. The molecule has 1 saturated heterocycles. The van der Waals surface area contributed by atoms with Gasteiger partial charge in [-0.25, -0.2) is 5.43 Å². The molecular weight excluding hydrogens is 306 g/mol. The first-order valence-electron chi connectivity index (χ1n) is 8.61. The molecule has 0 atom stereocenters. The molecule has 0 radical (unpaired) electrons. The van der Waals surface area contributed by atoms with Crippen molar-refractivity contribution in [1.82, 2.24) is 10.3 Å². The van der Waals surface area contributed by atoms with Crippen molar-refractivity contribution in [2.24, 2.45) is 5.10 Å². The van der Waals surface area contributed by atoms with Gasteiger partial charge >= 0.3 is 0 Å².